The summed E-state index contributed by atoms with van der Waals surface area (Å²) in [6.07, 6.45) is 0. The van der Waals surface area contributed by atoms with Crippen LogP contribution in [0.5, 0.6) is 0 Å². The molecule has 0 aromatic heterocycles. The predicted octanol–water partition coefficient (Wildman–Crippen LogP) is 2.21. The fourth-order valence-electron chi connectivity index (χ4n) is 1.28. The van der Waals surface area contributed by atoms with Crippen LogP contribution in [0.15, 0.2) is 0 Å². The number of hydrogen-bond acceptors (Lipinski definition) is 5. The maximum Gasteiger partial charge on any atom is 0.168 e. The maximum absolute atomic E-state index is 11.5. The summed E-state index contributed by atoms with van der Waals surface area (Å²) >= 11 is 22.9. The number of rotatable bonds is 10. The topological polar surface area (TPSA) is 80.3 Å². The summed E-state index contributed by atoms with van der Waals surface area (Å²) in [5, 5.41) is 1.47. The third-order valence-corrected chi connectivity index (χ3v) is 8.87. The van der Waals surface area contributed by atoms with Gasteiger partial charge in [-0.2, -0.15) is 0 Å². The van der Waals surface area contributed by atoms with E-state index in [9.17, 15) is 16.8 Å². The van der Waals surface area contributed by atoms with E-state index >= 15 is 0 Å². The Balaban J connectivity index is 0. The SMILES string of the molecule is CC(Cl)S(=O)(=O)CC(Cl)CNCC(Cl)CS(=O)(=O)C(C)Cl.Cl. The van der Waals surface area contributed by atoms with E-state index in [-0.39, 0.29) is 37.0 Å². The third-order valence-electron chi connectivity index (χ3n) is 2.55. The van der Waals surface area contributed by atoms with Crippen molar-refractivity contribution in [3.05, 3.63) is 0 Å². The first-order chi connectivity index (χ1) is 9.38. The van der Waals surface area contributed by atoms with Gasteiger partial charge in [0, 0.05) is 13.1 Å². The highest BCUT2D eigenvalue weighted by atomic mass is 35.5. The summed E-state index contributed by atoms with van der Waals surface area (Å²) in [7, 11) is -6.88. The molecular formula is C10H20Cl5NO4S2. The molecule has 4 unspecified atom stereocenters. The van der Waals surface area contributed by atoms with Crippen molar-refractivity contribution < 1.29 is 16.8 Å². The molecular weight excluding hydrogens is 440 g/mol. The molecule has 1 N–H and O–H groups in total. The molecule has 0 radical (unpaired) electrons. The molecule has 0 aliphatic carbocycles. The van der Waals surface area contributed by atoms with Crippen molar-refractivity contribution in [3.8, 4) is 0 Å². The molecule has 0 heterocycles. The van der Waals surface area contributed by atoms with Gasteiger partial charge in [0.15, 0.2) is 19.7 Å². The quantitative estimate of drug-likeness (QED) is 0.507. The van der Waals surface area contributed by atoms with Crippen molar-refractivity contribution in [2.45, 2.75) is 34.0 Å². The second kappa shape index (κ2) is 11.0. The molecule has 0 aliphatic heterocycles. The van der Waals surface area contributed by atoms with Crippen molar-refractivity contribution in [2.24, 2.45) is 0 Å². The third kappa shape index (κ3) is 10.2. The van der Waals surface area contributed by atoms with Crippen LogP contribution < -0.4 is 5.32 Å². The van der Waals surface area contributed by atoms with Crippen LogP contribution in [0.25, 0.3) is 0 Å². The molecule has 12 heteroatoms. The molecule has 0 rings (SSSR count). The molecule has 5 nitrogen and oxygen atoms in total. The van der Waals surface area contributed by atoms with Crippen LogP contribution in [0.2, 0.25) is 0 Å². The lowest BCUT2D eigenvalue weighted by Crippen LogP contribution is -2.36. The number of nitrogens with one attached hydrogen (secondary N) is 1. The number of alkyl halides is 4. The smallest absolute Gasteiger partial charge is 0.168 e. The zero-order chi connectivity index (χ0) is 16.8. The van der Waals surface area contributed by atoms with Crippen LogP contribution in [-0.4, -0.2) is 61.6 Å². The molecule has 22 heavy (non-hydrogen) atoms. The van der Waals surface area contributed by atoms with Gasteiger partial charge in [-0.3, -0.25) is 0 Å². The van der Waals surface area contributed by atoms with Crippen LogP contribution in [0.1, 0.15) is 13.8 Å². The van der Waals surface area contributed by atoms with Gasteiger partial charge in [-0.05, 0) is 13.8 Å². The maximum atomic E-state index is 11.5. The van der Waals surface area contributed by atoms with Crippen LogP contribution >= 0.6 is 58.8 Å². The molecule has 0 saturated carbocycles. The zero-order valence-corrected chi connectivity index (χ0v) is 17.5. The fraction of sp³-hybridized carbons (Fsp3) is 1.00. The van der Waals surface area contributed by atoms with Gasteiger partial charge >= 0.3 is 0 Å². The van der Waals surface area contributed by atoms with Crippen molar-refractivity contribution in [1.82, 2.24) is 5.32 Å². The van der Waals surface area contributed by atoms with Gasteiger partial charge < -0.3 is 5.32 Å². The monoisotopic (exact) mass is 457 g/mol. The first kappa shape index (κ1) is 25.5. The van der Waals surface area contributed by atoms with Crippen LogP contribution in [0.4, 0.5) is 0 Å². The molecule has 0 aliphatic rings. The van der Waals surface area contributed by atoms with Gasteiger partial charge in [0.2, 0.25) is 0 Å². The van der Waals surface area contributed by atoms with E-state index in [1.54, 1.807) is 0 Å². The molecule has 0 aromatic rings. The molecule has 0 spiro atoms. The summed E-state index contributed by atoms with van der Waals surface area (Å²) in [5.41, 5.74) is 0. The highest BCUT2D eigenvalue weighted by Gasteiger charge is 2.24. The van der Waals surface area contributed by atoms with Crippen molar-refractivity contribution in [3.63, 3.8) is 0 Å². The number of hydrogen-bond donors (Lipinski definition) is 1. The van der Waals surface area contributed by atoms with E-state index in [4.69, 9.17) is 46.4 Å². The highest BCUT2D eigenvalue weighted by molar-refractivity contribution is 7.93. The lowest BCUT2D eigenvalue weighted by Gasteiger charge is -2.15. The summed E-state index contributed by atoms with van der Waals surface area (Å²) in [5.74, 6) is -0.535. The van der Waals surface area contributed by atoms with Gasteiger partial charge in [0.05, 0.1) is 22.3 Å². The second-order valence-corrected chi connectivity index (χ2v) is 12.4. The minimum Gasteiger partial charge on any atom is -0.314 e. The van der Waals surface area contributed by atoms with Crippen molar-refractivity contribution in [1.29, 1.82) is 0 Å². The van der Waals surface area contributed by atoms with E-state index in [1.807, 2.05) is 0 Å². The Morgan fingerprint density at radius 3 is 1.27 bits per heavy atom. The average Bonchev–Trinajstić information content (AvgIpc) is 2.26. The summed E-state index contributed by atoms with van der Waals surface area (Å²) in [4.78, 5) is 0. The Hall–Kier alpha value is 1.31. The first-order valence-electron chi connectivity index (χ1n) is 6.08. The Labute approximate surface area is 158 Å². The second-order valence-electron chi connectivity index (χ2n) is 4.60. The first-order valence-corrected chi connectivity index (χ1v) is 11.3. The van der Waals surface area contributed by atoms with Crippen LogP contribution in [-0.2, 0) is 19.7 Å². The van der Waals surface area contributed by atoms with E-state index in [2.05, 4.69) is 5.32 Å². The molecule has 0 amide bonds. The van der Waals surface area contributed by atoms with Crippen molar-refractivity contribution in [2.75, 3.05) is 24.6 Å². The minimum atomic E-state index is -3.44. The average molecular weight is 460 g/mol. The normalized spacial score (nSPS) is 18.1. The molecule has 0 saturated heterocycles. The van der Waals surface area contributed by atoms with E-state index in [0.29, 0.717) is 0 Å². The lowest BCUT2D eigenvalue weighted by atomic mass is 10.4. The van der Waals surface area contributed by atoms with Gasteiger partial charge in [-0.15, -0.1) is 58.8 Å². The van der Waals surface area contributed by atoms with Crippen LogP contribution in [0, 0.1) is 0 Å². The van der Waals surface area contributed by atoms with E-state index in [1.165, 1.54) is 13.8 Å². The Morgan fingerprint density at radius 1 is 0.773 bits per heavy atom. The fourth-order valence-corrected chi connectivity index (χ4v) is 4.77. The summed E-state index contributed by atoms with van der Waals surface area (Å²) in [6, 6.07) is 0. The van der Waals surface area contributed by atoms with Gasteiger partial charge in [0.25, 0.3) is 0 Å². The molecule has 136 valence electrons. The Kier molecular flexibility index (Phi) is 12.8. The highest BCUT2D eigenvalue weighted by Crippen LogP contribution is 2.12. The molecule has 0 fully saturated rings. The van der Waals surface area contributed by atoms with E-state index in [0.717, 1.165) is 0 Å². The molecule has 4 atom stereocenters. The van der Waals surface area contributed by atoms with Gasteiger partial charge in [-0.25, -0.2) is 16.8 Å². The minimum absolute atomic E-state index is 0. The largest absolute Gasteiger partial charge is 0.314 e. The number of sulfone groups is 2. The number of halogens is 5. The summed E-state index contributed by atoms with van der Waals surface area (Å²) in [6.45, 7) is 3.07. The Bertz CT molecular complexity index is 463. The van der Waals surface area contributed by atoms with Crippen LogP contribution in [0.3, 0.4) is 0 Å². The van der Waals surface area contributed by atoms with E-state index < -0.39 is 39.8 Å². The summed E-state index contributed by atoms with van der Waals surface area (Å²) < 4.78 is 44.1. The standard InChI is InChI=1S/C10H19Cl4NO4S2.ClH/c1-7(11)20(16,17)5-9(13)3-15-4-10(14)6-21(18,19)8(2)12;/h7-10,15H,3-6H2,1-2H3;1H. The predicted molar refractivity (Wildman–Crippen MR) is 97.6 cm³/mol. The van der Waals surface area contributed by atoms with Gasteiger partial charge in [0.1, 0.15) is 9.42 Å². The molecule has 0 bridgehead atoms. The molecule has 0 aromatic carbocycles. The zero-order valence-electron chi connectivity index (χ0n) is 12.0. The van der Waals surface area contributed by atoms with Crippen molar-refractivity contribution >= 4 is 78.5 Å². The Morgan fingerprint density at radius 2 is 1.05 bits per heavy atom. The lowest BCUT2D eigenvalue weighted by molar-refractivity contribution is 0.584. The van der Waals surface area contributed by atoms with Gasteiger partial charge in [-0.1, -0.05) is 0 Å².